The third-order valence-electron chi connectivity index (χ3n) is 2.77. The molecule has 7 nitrogen and oxygen atoms in total. The molecule has 4 N–H and O–H groups in total. The van der Waals surface area contributed by atoms with Crippen molar-refractivity contribution in [1.29, 1.82) is 0 Å². The molecule has 0 saturated carbocycles. The maximum atomic E-state index is 10.9. The lowest BCUT2D eigenvalue weighted by Crippen LogP contribution is -2.24. The minimum atomic E-state index is 0.00227. The zero-order valence-electron chi connectivity index (χ0n) is 12.9. The van der Waals surface area contributed by atoms with Crippen LogP contribution in [0.25, 0.3) is 0 Å². The van der Waals surface area contributed by atoms with Gasteiger partial charge in [-0.3, -0.25) is 15.1 Å². The van der Waals surface area contributed by atoms with Crippen LogP contribution in [0, 0.1) is 0 Å². The second-order valence-electron chi connectivity index (χ2n) is 4.59. The quantitative estimate of drug-likeness (QED) is 0.567. The zero-order chi connectivity index (χ0) is 15.3. The number of amidine groups is 1. The molecule has 0 spiro atoms. The summed E-state index contributed by atoms with van der Waals surface area (Å²) >= 11 is 0. The molecular formula is C14H26N6O. The fourth-order valence-electron chi connectivity index (χ4n) is 1.75. The van der Waals surface area contributed by atoms with E-state index >= 15 is 0 Å². The molecule has 0 aromatic carbocycles. The predicted molar refractivity (Wildman–Crippen MR) is 85.6 cm³/mol. The molecule has 118 valence electrons. The van der Waals surface area contributed by atoms with Crippen molar-refractivity contribution in [3.63, 3.8) is 0 Å². The van der Waals surface area contributed by atoms with E-state index in [-0.39, 0.29) is 5.91 Å². The van der Waals surface area contributed by atoms with Crippen molar-refractivity contribution in [2.45, 2.75) is 33.1 Å². The van der Waals surface area contributed by atoms with Crippen LogP contribution in [0.1, 0.15) is 33.1 Å². The van der Waals surface area contributed by atoms with Crippen LogP contribution >= 0.6 is 0 Å². The molecule has 2 heterocycles. The summed E-state index contributed by atoms with van der Waals surface area (Å²) in [4.78, 5) is 21.8. The third kappa shape index (κ3) is 8.09. The molecule has 0 radical (unpaired) electrons. The van der Waals surface area contributed by atoms with Crippen LogP contribution < -0.4 is 16.0 Å². The number of aliphatic imine (C=N–C) groups is 1. The fraction of sp³-hybridized carbons (Fsp3) is 0.643. The summed E-state index contributed by atoms with van der Waals surface area (Å²) in [7, 11) is 0. The van der Waals surface area contributed by atoms with Gasteiger partial charge in [-0.15, -0.1) is 0 Å². The molecule has 1 aliphatic heterocycles. The van der Waals surface area contributed by atoms with Crippen molar-refractivity contribution in [3.8, 4) is 0 Å². The predicted octanol–water partition coefficient (Wildman–Crippen LogP) is 1.14. The standard InChI is InChI=1S/C7H11N3O.C7H15N3/c1-2-3-6(11)10-7-8-4-5-9-7;1-2-8-4-3-7-9-5-6-10-7/h4-5H,2-3H2,1H3,(H2,8,9,10,11);8H,2-6H2,1H3,(H,9,10). The van der Waals surface area contributed by atoms with Gasteiger partial charge in [0.15, 0.2) is 0 Å². The molecule has 0 fully saturated rings. The van der Waals surface area contributed by atoms with Crippen LogP contribution in [-0.2, 0) is 4.79 Å². The van der Waals surface area contributed by atoms with Crippen LogP contribution in [-0.4, -0.2) is 47.9 Å². The van der Waals surface area contributed by atoms with Crippen molar-refractivity contribution < 1.29 is 4.79 Å². The summed E-state index contributed by atoms with van der Waals surface area (Å²) in [5.41, 5.74) is 0. The number of H-pyrrole nitrogens is 1. The summed E-state index contributed by atoms with van der Waals surface area (Å²) in [6.07, 6.45) is 5.71. The van der Waals surface area contributed by atoms with Gasteiger partial charge in [0.1, 0.15) is 0 Å². The number of amides is 1. The minimum Gasteiger partial charge on any atom is -0.372 e. The first-order valence-corrected chi connectivity index (χ1v) is 7.53. The molecule has 2 rings (SSSR count). The normalized spacial score (nSPS) is 13.0. The molecule has 1 aromatic heterocycles. The summed E-state index contributed by atoms with van der Waals surface area (Å²) in [5.74, 6) is 1.69. The van der Waals surface area contributed by atoms with Crippen molar-refractivity contribution in [3.05, 3.63) is 12.4 Å². The molecule has 1 aliphatic rings. The van der Waals surface area contributed by atoms with Crippen molar-refractivity contribution in [2.24, 2.45) is 4.99 Å². The van der Waals surface area contributed by atoms with Gasteiger partial charge in [0.05, 0.1) is 12.4 Å². The number of rotatable bonds is 7. The first kappa shape index (κ1) is 17.2. The van der Waals surface area contributed by atoms with Crippen LogP contribution in [0.3, 0.4) is 0 Å². The Morgan fingerprint density at radius 3 is 2.86 bits per heavy atom. The zero-order valence-corrected chi connectivity index (χ0v) is 12.9. The second kappa shape index (κ2) is 10.8. The van der Waals surface area contributed by atoms with Gasteiger partial charge < -0.3 is 15.6 Å². The molecule has 7 heteroatoms. The Morgan fingerprint density at radius 2 is 2.29 bits per heavy atom. The summed E-state index contributed by atoms with van der Waals surface area (Å²) < 4.78 is 0. The highest BCUT2D eigenvalue weighted by Gasteiger charge is 2.02. The number of anilines is 1. The number of imidazole rings is 1. The van der Waals surface area contributed by atoms with Gasteiger partial charge in [0, 0.05) is 38.3 Å². The van der Waals surface area contributed by atoms with Crippen LogP contribution in [0.4, 0.5) is 5.95 Å². The highest BCUT2D eigenvalue weighted by molar-refractivity contribution is 5.88. The lowest BCUT2D eigenvalue weighted by Gasteiger charge is -2.01. The Kier molecular flexibility index (Phi) is 8.86. The highest BCUT2D eigenvalue weighted by Crippen LogP contribution is 1.97. The topological polar surface area (TPSA) is 94.2 Å². The molecule has 0 saturated heterocycles. The number of carbonyl (C=O) groups is 1. The smallest absolute Gasteiger partial charge is 0.226 e. The highest BCUT2D eigenvalue weighted by atomic mass is 16.1. The van der Waals surface area contributed by atoms with Crippen molar-refractivity contribution in [2.75, 3.05) is 31.5 Å². The Hall–Kier alpha value is -1.89. The first-order valence-electron chi connectivity index (χ1n) is 7.53. The fourth-order valence-corrected chi connectivity index (χ4v) is 1.75. The average Bonchev–Trinajstić information content (AvgIpc) is 3.13. The summed E-state index contributed by atoms with van der Waals surface area (Å²) in [6, 6.07) is 0. The van der Waals surface area contributed by atoms with Crippen LogP contribution in [0.5, 0.6) is 0 Å². The maximum Gasteiger partial charge on any atom is 0.226 e. The molecule has 0 aliphatic carbocycles. The van der Waals surface area contributed by atoms with Crippen LogP contribution in [0.2, 0.25) is 0 Å². The van der Waals surface area contributed by atoms with E-state index in [1.165, 1.54) is 5.84 Å². The Labute approximate surface area is 126 Å². The summed E-state index contributed by atoms with van der Waals surface area (Å²) in [6.45, 7) is 8.16. The Balaban J connectivity index is 0.000000211. The van der Waals surface area contributed by atoms with Gasteiger partial charge in [-0.1, -0.05) is 13.8 Å². The maximum absolute atomic E-state index is 10.9. The molecule has 0 bridgehead atoms. The van der Waals surface area contributed by atoms with E-state index < -0.39 is 0 Å². The number of hydrogen-bond acceptors (Lipinski definition) is 5. The number of nitrogens with one attached hydrogen (secondary N) is 4. The SMILES string of the molecule is CCCC(=O)Nc1ncc[nH]1.CCNCCC1=NCCN1. The van der Waals surface area contributed by atoms with E-state index in [1.54, 1.807) is 12.4 Å². The molecule has 0 unspecified atom stereocenters. The monoisotopic (exact) mass is 294 g/mol. The van der Waals surface area contributed by atoms with E-state index in [0.717, 1.165) is 39.0 Å². The third-order valence-corrected chi connectivity index (χ3v) is 2.77. The number of carbonyl (C=O) groups excluding carboxylic acids is 1. The number of aromatic nitrogens is 2. The number of nitrogens with zero attached hydrogens (tertiary/aromatic N) is 2. The second-order valence-corrected chi connectivity index (χ2v) is 4.59. The van der Waals surface area contributed by atoms with Gasteiger partial charge >= 0.3 is 0 Å². The van der Waals surface area contributed by atoms with Gasteiger partial charge in [-0.2, -0.15) is 0 Å². The molecule has 0 atom stereocenters. The van der Waals surface area contributed by atoms with Crippen LogP contribution in [0.15, 0.2) is 17.4 Å². The van der Waals surface area contributed by atoms with Gasteiger partial charge in [0.25, 0.3) is 0 Å². The molecule has 1 amide bonds. The van der Waals surface area contributed by atoms with E-state index in [2.05, 4.69) is 37.8 Å². The minimum absolute atomic E-state index is 0.00227. The largest absolute Gasteiger partial charge is 0.372 e. The number of hydrogen-bond donors (Lipinski definition) is 4. The Bertz CT molecular complexity index is 415. The lowest BCUT2D eigenvalue weighted by atomic mass is 10.3. The van der Waals surface area contributed by atoms with Gasteiger partial charge in [-0.05, 0) is 13.0 Å². The summed E-state index contributed by atoms with van der Waals surface area (Å²) in [5, 5.41) is 9.10. The van der Waals surface area contributed by atoms with Crippen molar-refractivity contribution >= 4 is 17.7 Å². The molecular weight excluding hydrogens is 268 g/mol. The first-order chi connectivity index (χ1) is 10.3. The van der Waals surface area contributed by atoms with E-state index in [1.807, 2.05) is 6.92 Å². The van der Waals surface area contributed by atoms with E-state index in [9.17, 15) is 4.79 Å². The van der Waals surface area contributed by atoms with Crippen molar-refractivity contribution in [1.82, 2.24) is 20.6 Å². The van der Waals surface area contributed by atoms with E-state index in [4.69, 9.17) is 0 Å². The van der Waals surface area contributed by atoms with Gasteiger partial charge in [0.2, 0.25) is 11.9 Å². The Morgan fingerprint density at radius 1 is 1.43 bits per heavy atom. The van der Waals surface area contributed by atoms with Gasteiger partial charge in [-0.25, -0.2) is 4.98 Å². The lowest BCUT2D eigenvalue weighted by molar-refractivity contribution is -0.116. The van der Waals surface area contributed by atoms with E-state index in [0.29, 0.717) is 12.4 Å². The average molecular weight is 294 g/mol. The molecule has 21 heavy (non-hydrogen) atoms. The number of aromatic amines is 1. The molecule has 1 aromatic rings.